The average molecular weight is 860 g/mol. The summed E-state index contributed by atoms with van der Waals surface area (Å²) in [6.45, 7) is 15.7. The van der Waals surface area contributed by atoms with Crippen LogP contribution < -0.4 is 7.02 Å². The SMILES string of the molecule is C=Cc1ccc([S][Sb]([S]c2ccc(C=C)cc2)[c]2cc[c]([Sb]([S]c3ccc(C=C)cc3)[S]c3ccc(C=C)cc3)cc2)cc1. The fourth-order valence-electron chi connectivity index (χ4n) is 3.99. The van der Waals surface area contributed by atoms with Crippen molar-refractivity contribution in [3.63, 3.8) is 0 Å². The second kappa shape index (κ2) is 17.1. The summed E-state index contributed by atoms with van der Waals surface area (Å²) >= 11 is -4.18. The molecule has 0 unspecified atom stereocenters. The van der Waals surface area contributed by atoms with Gasteiger partial charge in [-0.2, -0.15) is 0 Å². The van der Waals surface area contributed by atoms with Gasteiger partial charge in [0.2, 0.25) is 0 Å². The zero-order valence-electron chi connectivity index (χ0n) is 24.2. The Balaban J connectivity index is 1.43. The van der Waals surface area contributed by atoms with Crippen LogP contribution in [-0.4, -0.2) is 34.8 Å². The molecule has 5 aromatic carbocycles. The van der Waals surface area contributed by atoms with E-state index in [0.29, 0.717) is 0 Å². The molecule has 5 aromatic rings. The van der Waals surface area contributed by atoms with Crippen LogP contribution in [0.3, 0.4) is 0 Å². The van der Waals surface area contributed by atoms with Crippen LogP contribution in [0.25, 0.3) is 24.3 Å². The first-order valence-electron chi connectivity index (χ1n) is 13.9. The van der Waals surface area contributed by atoms with E-state index >= 15 is 0 Å². The second-order valence-electron chi connectivity index (χ2n) is 9.49. The van der Waals surface area contributed by atoms with E-state index in [9.17, 15) is 0 Å². The zero-order valence-corrected chi connectivity index (χ0v) is 32.6. The molecule has 0 N–H and O–H groups in total. The van der Waals surface area contributed by atoms with Gasteiger partial charge in [-0.25, -0.2) is 0 Å². The Labute approximate surface area is 287 Å². The molecule has 0 aliphatic heterocycles. The Hall–Kier alpha value is -1.90. The number of benzene rings is 5. The third-order valence-electron chi connectivity index (χ3n) is 6.49. The molecule has 0 saturated heterocycles. The van der Waals surface area contributed by atoms with Crippen LogP contribution in [0.1, 0.15) is 22.3 Å². The summed E-state index contributed by atoms with van der Waals surface area (Å²) in [6.07, 6.45) is 7.61. The van der Waals surface area contributed by atoms with Gasteiger partial charge in [-0.05, 0) is 0 Å². The van der Waals surface area contributed by atoms with Gasteiger partial charge in [0.1, 0.15) is 0 Å². The van der Waals surface area contributed by atoms with Gasteiger partial charge in [0, 0.05) is 0 Å². The normalized spacial score (nSPS) is 11.0. The van der Waals surface area contributed by atoms with Crippen LogP contribution >= 0.6 is 35.4 Å². The Morgan fingerprint density at radius 1 is 0.318 bits per heavy atom. The van der Waals surface area contributed by atoms with Crippen LogP contribution in [0.4, 0.5) is 0 Å². The molecule has 0 aliphatic carbocycles. The van der Waals surface area contributed by atoms with Gasteiger partial charge in [0.25, 0.3) is 0 Å². The minimum absolute atomic E-state index is 1.15. The van der Waals surface area contributed by atoms with Gasteiger partial charge in [0.15, 0.2) is 0 Å². The number of hydrogen-bond donors (Lipinski definition) is 0. The zero-order chi connectivity index (χ0) is 30.7. The minimum atomic E-state index is -2.09. The maximum absolute atomic E-state index is 3.92. The molecule has 0 nitrogen and oxygen atoms in total. The monoisotopic (exact) mass is 858 g/mol. The summed E-state index contributed by atoms with van der Waals surface area (Å²) in [5, 5.41) is 0. The van der Waals surface area contributed by atoms with Gasteiger partial charge in [-0.15, -0.1) is 0 Å². The Bertz CT molecular complexity index is 1460. The van der Waals surface area contributed by atoms with Gasteiger partial charge < -0.3 is 0 Å². The van der Waals surface area contributed by atoms with E-state index in [1.165, 1.54) is 26.6 Å². The van der Waals surface area contributed by atoms with Gasteiger partial charge in [0.05, 0.1) is 0 Å². The van der Waals surface area contributed by atoms with E-state index < -0.39 is 34.8 Å². The molecule has 0 bridgehead atoms. The maximum atomic E-state index is 3.92. The molecular weight excluding hydrogens is 828 g/mol. The summed E-state index contributed by atoms with van der Waals surface area (Å²) in [6, 6.07) is 44.9. The van der Waals surface area contributed by atoms with Crippen molar-refractivity contribution in [1.82, 2.24) is 0 Å². The van der Waals surface area contributed by atoms with Crippen molar-refractivity contribution in [1.29, 1.82) is 0 Å². The molecule has 0 fully saturated rings. The van der Waals surface area contributed by atoms with Crippen LogP contribution in [-0.2, 0) is 0 Å². The molecule has 0 atom stereocenters. The van der Waals surface area contributed by atoms with E-state index in [0.717, 1.165) is 22.3 Å². The fourth-order valence-corrected chi connectivity index (χ4v) is 35.2. The molecule has 0 spiro atoms. The molecule has 0 aliphatic rings. The van der Waals surface area contributed by atoms with Crippen molar-refractivity contribution < 1.29 is 0 Å². The van der Waals surface area contributed by atoms with Crippen molar-refractivity contribution in [2.75, 3.05) is 0 Å². The van der Waals surface area contributed by atoms with E-state index in [1.807, 2.05) is 24.3 Å². The molecule has 218 valence electrons. The Morgan fingerprint density at radius 2 is 0.523 bits per heavy atom. The second-order valence-corrected chi connectivity index (χ2v) is 37.1. The summed E-state index contributed by atoms with van der Waals surface area (Å²) < 4.78 is 2.99. The van der Waals surface area contributed by atoms with Crippen LogP contribution in [0.15, 0.2) is 167 Å². The molecule has 0 saturated carbocycles. The summed E-state index contributed by atoms with van der Waals surface area (Å²) in [5.74, 6) is 0. The predicted molar refractivity (Wildman–Crippen MR) is 207 cm³/mol. The third-order valence-corrected chi connectivity index (χ3v) is 37.7. The Kier molecular flexibility index (Phi) is 13.0. The molecule has 6 heteroatoms. The molecule has 0 heterocycles. The first-order chi connectivity index (χ1) is 21.6. The molecule has 0 aromatic heterocycles. The Morgan fingerprint density at radius 3 is 0.705 bits per heavy atom. The third kappa shape index (κ3) is 9.55. The van der Waals surface area contributed by atoms with E-state index in [1.54, 1.807) is 0 Å². The number of rotatable bonds is 14. The molecule has 0 amide bonds. The average Bonchev–Trinajstić information content (AvgIpc) is 3.09. The topological polar surface area (TPSA) is 0 Å². The van der Waals surface area contributed by atoms with E-state index in [-0.39, 0.29) is 0 Å². The summed E-state index contributed by atoms with van der Waals surface area (Å²) in [5.41, 5.74) is 4.61. The molecule has 44 heavy (non-hydrogen) atoms. The standard InChI is InChI=1S/4C8H8S.C6H4.2Sb/c4*1-2-7-3-5-8(9)6-4-7;1-2-4-6-5-3-1;;/h4*2-6,9H,1H2;1-2,5-6H;;/q;;;;;2*+2/p-4. The van der Waals surface area contributed by atoms with Gasteiger partial charge in [-0.1, -0.05) is 0 Å². The summed E-state index contributed by atoms with van der Waals surface area (Å²) in [4.78, 5) is 5.30. The van der Waals surface area contributed by atoms with Crippen molar-refractivity contribution in [3.8, 4) is 0 Å². The first kappa shape index (κ1) is 33.5. The van der Waals surface area contributed by atoms with Gasteiger partial charge >= 0.3 is 291 Å². The van der Waals surface area contributed by atoms with Crippen molar-refractivity contribution >= 4 is 102 Å². The first-order valence-corrected chi connectivity index (χ1v) is 32.0. The molecular formula is C38H32S4Sb2. The predicted octanol–water partition coefficient (Wildman–Crippen LogP) is 10.8. The van der Waals surface area contributed by atoms with Crippen molar-refractivity contribution in [2.24, 2.45) is 0 Å². The van der Waals surface area contributed by atoms with Crippen molar-refractivity contribution in [2.45, 2.75) is 19.6 Å². The fraction of sp³-hybridized carbons (Fsp3) is 0. The van der Waals surface area contributed by atoms with Gasteiger partial charge in [-0.3, -0.25) is 0 Å². The molecule has 0 radical (unpaired) electrons. The van der Waals surface area contributed by atoms with Crippen LogP contribution in [0, 0.1) is 0 Å². The van der Waals surface area contributed by atoms with E-state index in [4.69, 9.17) is 0 Å². The summed E-state index contributed by atoms with van der Waals surface area (Å²) in [7, 11) is 8.29. The quantitative estimate of drug-likeness (QED) is 0.102. The van der Waals surface area contributed by atoms with Crippen molar-refractivity contribution in [3.05, 3.63) is 170 Å². The number of hydrogen-bond acceptors (Lipinski definition) is 4. The van der Waals surface area contributed by atoms with E-state index in [2.05, 4.69) is 183 Å². The molecule has 5 rings (SSSR count). The van der Waals surface area contributed by atoms with Crippen LogP contribution in [0.5, 0.6) is 0 Å². The van der Waals surface area contributed by atoms with Crippen LogP contribution in [0.2, 0.25) is 0 Å².